The molecular weight excluding hydrogens is 306 g/mol. The van der Waals surface area contributed by atoms with Gasteiger partial charge in [-0.25, -0.2) is 0 Å². The maximum Gasteiger partial charge on any atom is 0.173 e. The summed E-state index contributed by atoms with van der Waals surface area (Å²) in [5.74, 6) is 1.02. The summed E-state index contributed by atoms with van der Waals surface area (Å²) in [6, 6.07) is 10.4. The second kappa shape index (κ2) is 7.15. The SMILES string of the molecule is Cc1cc(C)cc(NC(=S)N2CCN(Cc3ccco3)CC2)c1. The van der Waals surface area contributed by atoms with Crippen LogP contribution in [0.15, 0.2) is 41.0 Å². The van der Waals surface area contributed by atoms with Crippen LogP contribution in [0.25, 0.3) is 0 Å². The largest absolute Gasteiger partial charge is 0.468 e. The normalized spacial score (nSPS) is 15.7. The van der Waals surface area contributed by atoms with Crippen LogP contribution < -0.4 is 5.32 Å². The molecule has 1 aliphatic rings. The molecule has 0 aliphatic carbocycles. The van der Waals surface area contributed by atoms with Gasteiger partial charge in [0.05, 0.1) is 12.8 Å². The standard InChI is InChI=1S/C18H23N3OS/c1-14-10-15(2)12-16(11-14)19-18(23)21-7-5-20(6-8-21)13-17-4-3-9-22-17/h3-4,9-12H,5-8,13H2,1-2H3,(H,19,23). The fourth-order valence-electron chi connectivity index (χ4n) is 2.98. The van der Waals surface area contributed by atoms with Crippen molar-refractivity contribution in [3.63, 3.8) is 0 Å². The summed E-state index contributed by atoms with van der Waals surface area (Å²) in [5.41, 5.74) is 3.57. The van der Waals surface area contributed by atoms with E-state index in [0.717, 1.165) is 49.3 Å². The van der Waals surface area contributed by atoms with Crippen LogP contribution in [0.3, 0.4) is 0 Å². The minimum atomic E-state index is 0.813. The molecule has 1 aliphatic heterocycles. The average Bonchev–Trinajstić information content (AvgIpc) is 3.00. The van der Waals surface area contributed by atoms with Crippen molar-refractivity contribution in [3.8, 4) is 0 Å². The van der Waals surface area contributed by atoms with Gasteiger partial charge in [0.2, 0.25) is 0 Å². The van der Waals surface area contributed by atoms with Gasteiger partial charge in [-0.3, -0.25) is 4.90 Å². The summed E-state index contributed by atoms with van der Waals surface area (Å²) in [4.78, 5) is 4.64. The number of hydrogen-bond acceptors (Lipinski definition) is 3. The Kier molecular flexibility index (Phi) is 4.98. The molecular formula is C18H23N3OS. The third kappa shape index (κ3) is 4.33. The topological polar surface area (TPSA) is 31.6 Å². The van der Waals surface area contributed by atoms with Gasteiger partial charge in [0.15, 0.2) is 5.11 Å². The van der Waals surface area contributed by atoms with Gasteiger partial charge in [-0.15, -0.1) is 0 Å². The molecule has 0 atom stereocenters. The van der Waals surface area contributed by atoms with Gasteiger partial charge in [-0.1, -0.05) is 6.07 Å². The molecule has 3 rings (SSSR count). The number of rotatable bonds is 3. The van der Waals surface area contributed by atoms with Crippen molar-refractivity contribution >= 4 is 23.0 Å². The van der Waals surface area contributed by atoms with Gasteiger partial charge in [0.25, 0.3) is 0 Å². The van der Waals surface area contributed by atoms with Crippen molar-refractivity contribution in [1.82, 2.24) is 9.80 Å². The lowest BCUT2D eigenvalue weighted by molar-refractivity contribution is 0.166. The molecule has 5 heteroatoms. The molecule has 23 heavy (non-hydrogen) atoms. The Hall–Kier alpha value is -1.85. The second-order valence-corrected chi connectivity index (χ2v) is 6.54. The molecule has 0 amide bonds. The number of piperazine rings is 1. The van der Waals surface area contributed by atoms with E-state index in [-0.39, 0.29) is 0 Å². The molecule has 0 bridgehead atoms. The van der Waals surface area contributed by atoms with E-state index >= 15 is 0 Å². The van der Waals surface area contributed by atoms with Crippen molar-refractivity contribution in [3.05, 3.63) is 53.5 Å². The number of anilines is 1. The Balaban J connectivity index is 1.51. The maximum atomic E-state index is 5.57. The van der Waals surface area contributed by atoms with E-state index in [1.807, 2.05) is 12.1 Å². The van der Waals surface area contributed by atoms with E-state index < -0.39 is 0 Å². The van der Waals surface area contributed by atoms with Crippen molar-refractivity contribution in [1.29, 1.82) is 0 Å². The monoisotopic (exact) mass is 329 g/mol. The quantitative estimate of drug-likeness (QED) is 0.872. The first kappa shape index (κ1) is 16.0. The summed E-state index contributed by atoms with van der Waals surface area (Å²) in [6.45, 7) is 8.96. The van der Waals surface area contributed by atoms with E-state index in [4.69, 9.17) is 16.6 Å². The summed E-state index contributed by atoms with van der Waals surface area (Å²) in [7, 11) is 0. The zero-order chi connectivity index (χ0) is 16.2. The Morgan fingerprint density at radius 2 is 1.83 bits per heavy atom. The van der Waals surface area contributed by atoms with Crippen LogP contribution in [-0.2, 0) is 6.54 Å². The second-order valence-electron chi connectivity index (χ2n) is 6.15. The highest BCUT2D eigenvalue weighted by atomic mass is 32.1. The molecule has 4 nitrogen and oxygen atoms in total. The molecule has 1 aromatic carbocycles. The third-order valence-electron chi connectivity index (χ3n) is 4.09. The molecule has 2 heterocycles. The first-order valence-electron chi connectivity index (χ1n) is 7.99. The van der Waals surface area contributed by atoms with Crippen LogP contribution in [0.5, 0.6) is 0 Å². The number of furan rings is 1. The summed E-state index contributed by atoms with van der Waals surface area (Å²) >= 11 is 5.57. The maximum absolute atomic E-state index is 5.57. The van der Waals surface area contributed by atoms with Gasteiger partial charge in [0, 0.05) is 31.9 Å². The molecule has 0 unspecified atom stereocenters. The molecule has 1 saturated heterocycles. The highest BCUT2D eigenvalue weighted by Crippen LogP contribution is 2.15. The van der Waals surface area contributed by atoms with Crippen molar-refractivity contribution < 1.29 is 4.42 Å². The zero-order valence-electron chi connectivity index (χ0n) is 13.7. The number of thiocarbonyl (C=S) groups is 1. The fourth-order valence-corrected chi connectivity index (χ4v) is 3.28. The van der Waals surface area contributed by atoms with Crippen LogP contribution in [0, 0.1) is 13.8 Å². The van der Waals surface area contributed by atoms with Gasteiger partial charge in [0.1, 0.15) is 5.76 Å². The Morgan fingerprint density at radius 1 is 1.13 bits per heavy atom. The molecule has 0 spiro atoms. The lowest BCUT2D eigenvalue weighted by Gasteiger charge is -2.35. The molecule has 1 N–H and O–H groups in total. The average molecular weight is 329 g/mol. The first-order chi connectivity index (χ1) is 11.1. The summed E-state index contributed by atoms with van der Waals surface area (Å²) < 4.78 is 5.42. The van der Waals surface area contributed by atoms with Crippen LogP contribution in [0.1, 0.15) is 16.9 Å². The van der Waals surface area contributed by atoms with E-state index in [1.54, 1.807) is 6.26 Å². The van der Waals surface area contributed by atoms with Crippen molar-refractivity contribution in [2.45, 2.75) is 20.4 Å². The molecule has 122 valence electrons. The zero-order valence-corrected chi connectivity index (χ0v) is 14.5. The highest BCUT2D eigenvalue weighted by molar-refractivity contribution is 7.80. The molecule has 2 aromatic rings. The minimum absolute atomic E-state index is 0.813. The number of nitrogens with zero attached hydrogens (tertiary/aromatic N) is 2. The molecule has 1 fully saturated rings. The van der Waals surface area contributed by atoms with Crippen LogP contribution in [0.2, 0.25) is 0 Å². The number of hydrogen-bond donors (Lipinski definition) is 1. The highest BCUT2D eigenvalue weighted by Gasteiger charge is 2.19. The van der Waals surface area contributed by atoms with Gasteiger partial charge in [-0.05, 0) is 61.5 Å². The van der Waals surface area contributed by atoms with E-state index in [1.165, 1.54) is 11.1 Å². The third-order valence-corrected chi connectivity index (χ3v) is 4.45. The molecule has 1 aromatic heterocycles. The van der Waals surface area contributed by atoms with Gasteiger partial charge >= 0.3 is 0 Å². The van der Waals surface area contributed by atoms with E-state index in [0.29, 0.717) is 0 Å². The predicted octanol–water partition coefficient (Wildman–Crippen LogP) is 3.41. The predicted molar refractivity (Wildman–Crippen MR) is 97.7 cm³/mol. The Labute approximate surface area is 143 Å². The lowest BCUT2D eigenvalue weighted by atomic mass is 10.1. The molecule has 0 saturated carbocycles. The lowest BCUT2D eigenvalue weighted by Crippen LogP contribution is -2.49. The first-order valence-corrected chi connectivity index (χ1v) is 8.40. The smallest absolute Gasteiger partial charge is 0.173 e. The number of aryl methyl sites for hydroxylation is 2. The van der Waals surface area contributed by atoms with E-state index in [9.17, 15) is 0 Å². The number of nitrogens with one attached hydrogen (secondary N) is 1. The minimum Gasteiger partial charge on any atom is -0.468 e. The van der Waals surface area contributed by atoms with E-state index in [2.05, 4.69) is 47.2 Å². The van der Waals surface area contributed by atoms with Crippen LogP contribution in [-0.4, -0.2) is 41.1 Å². The molecule has 0 radical (unpaired) electrons. The Bertz CT molecular complexity index is 641. The van der Waals surface area contributed by atoms with Gasteiger partial charge in [-0.2, -0.15) is 0 Å². The van der Waals surface area contributed by atoms with Crippen molar-refractivity contribution in [2.75, 3.05) is 31.5 Å². The summed E-state index contributed by atoms with van der Waals surface area (Å²) in [6.07, 6.45) is 1.73. The summed E-state index contributed by atoms with van der Waals surface area (Å²) in [5, 5.41) is 4.19. The van der Waals surface area contributed by atoms with Gasteiger partial charge < -0.3 is 14.6 Å². The van der Waals surface area contributed by atoms with Crippen LogP contribution in [0.4, 0.5) is 5.69 Å². The van der Waals surface area contributed by atoms with Crippen molar-refractivity contribution in [2.24, 2.45) is 0 Å². The van der Waals surface area contributed by atoms with Crippen LogP contribution >= 0.6 is 12.2 Å². The fraction of sp³-hybridized carbons (Fsp3) is 0.389. The Morgan fingerprint density at radius 3 is 2.43 bits per heavy atom. The number of benzene rings is 1.